The number of carbonyl (C=O) groups is 1. The molecule has 0 bridgehead atoms. The molecule has 16 heavy (non-hydrogen) atoms. The van der Waals surface area contributed by atoms with Crippen LogP contribution in [0.2, 0.25) is 0 Å². The highest BCUT2D eigenvalue weighted by molar-refractivity contribution is 5.72. The van der Waals surface area contributed by atoms with Gasteiger partial charge in [0.25, 0.3) is 6.43 Å². The normalized spacial score (nSPS) is 22.0. The molecule has 1 atom stereocenters. The van der Waals surface area contributed by atoms with Gasteiger partial charge in [-0.25, -0.2) is 8.78 Å². The monoisotopic (exact) mass is 236 g/mol. The van der Waals surface area contributed by atoms with E-state index in [1.807, 2.05) is 4.90 Å². The number of nitrogens with zero attached hydrogens (tertiary/aromatic N) is 2. The minimum Gasteiger partial charge on any atom is -0.480 e. The van der Waals surface area contributed by atoms with Crippen LogP contribution in [-0.4, -0.2) is 66.1 Å². The van der Waals surface area contributed by atoms with Gasteiger partial charge < -0.3 is 5.11 Å². The zero-order valence-corrected chi connectivity index (χ0v) is 9.40. The summed E-state index contributed by atoms with van der Waals surface area (Å²) in [6, 6.07) is -0.536. The van der Waals surface area contributed by atoms with Gasteiger partial charge in [-0.05, 0) is 19.9 Å². The molecule has 0 aliphatic carbocycles. The van der Waals surface area contributed by atoms with Crippen molar-refractivity contribution in [2.24, 2.45) is 0 Å². The minimum atomic E-state index is -2.32. The summed E-state index contributed by atoms with van der Waals surface area (Å²) in [5.41, 5.74) is 0. The van der Waals surface area contributed by atoms with E-state index >= 15 is 0 Å². The summed E-state index contributed by atoms with van der Waals surface area (Å²) in [6.07, 6.45) is -1.58. The molecule has 1 saturated heterocycles. The molecule has 0 aromatic heterocycles. The molecule has 6 heteroatoms. The van der Waals surface area contributed by atoms with Gasteiger partial charge in [0, 0.05) is 19.6 Å². The fourth-order valence-electron chi connectivity index (χ4n) is 1.91. The third kappa shape index (κ3) is 4.02. The van der Waals surface area contributed by atoms with Gasteiger partial charge in [0.1, 0.15) is 6.04 Å². The number of carboxylic acids is 1. The van der Waals surface area contributed by atoms with Crippen LogP contribution < -0.4 is 0 Å². The van der Waals surface area contributed by atoms with Crippen LogP contribution in [0.4, 0.5) is 8.78 Å². The summed E-state index contributed by atoms with van der Waals surface area (Å²) < 4.78 is 24.4. The Hall–Kier alpha value is -0.750. The number of aliphatic carboxylic acids is 1. The van der Waals surface area contributed by atoms with E-state index in [2.05, 4.69) is 0 Å². The van der Waals surface area contributed by atoms with E-state index in [4.69, 9.17) is 5.11 Å². The number of rotatable bonds is 4. The molecular formula is C10H18F2N2O2. The summed E-state index contributed by atoms with van der Waals surface area (Å²) in [6.45, 7) is 3.75. The molecule has 1 aliphatic heterocycles. The van der Waals surface area contributed by atoms with E-state index in [0.717, 1.165) is 6.42 Å². The molecule has 1 rings (SSSR count). The summed E-state index contributed by atoms with van der Waals surface area (Å²) in [7, 11) is 0. The molecule has 0 saturated carbocycles. The van der Waals surface area contributed by atoms with Crippen LogP contribution in [0.25, 0.3) is 0 Å². The van der Waals surface area contributed by atoms with Crippen molar-refractivity contribution in [3.8, 4) is 0 Å². The number of halogens is 2. The maximum absolute atomic E-state index is 12.2. The van der Waals surface area contributed by atoms with Crippen molar-refractivity contribution in [2.75, 3.05) is 32.7 Å². The fourth-order valence-corrected chi connectivity index (χ4v) is 1.91. The molecule has 94 valence electrons. The molecule has 0 spiro atoms. The lowest BCUT2D eigenvalue weighted by molar-refractivity contribution is -0.142. The third-order valence-electron chi connectivity index (χ3n) is 2.92. The molecule has 0 aromatic rings. The van der Waals surface area contributed by atoms with Gasteiger partial charge >= 0.3 is 5.97 Å². The van der Waals surface area contributed by atoms with E-state index in [0.29, 0.717) is 26.2 Å². The van der Waals surface area contributed by atoms with Crippen LogP contribution in [0.15, 0.2) is 0 Å². The Kier molecular flexibility index (Phi) is 5.08. The van der Waals surface area contributed by atoms with Crippen molar-refractivity contribution in [3.05, 3.63) is 0 Å². The minimum absolute atomic E-state index is 0.213. The van der Waals surface area contributed by atoms with Crippen molar-refractivity contribution < 1.29 is 18.7 Å². The molecule has 1 heterocycles. The molecule has 0 amide bonds. The third-order valence-corrected chi connectivity index (χ3v) is 2.92. The fraction of sp³-hybridized carbons (Fsp3) is 0.900. The molecule has 4 nitrogen and oxygen atoms in total. The van der Waals surface area contributed by atoms with Crippen LogP contribution in [-0.2, 0) is 4.79 Å². The zero-order valence-electron chi connectivity index (χ0n) is 9.40. The predicted molar refractivity (Wildman–Crippen MR) is 55.7 cm³/mol. The lowest BCUT2D eigenvalue weighted by atomic mass is 10.2. The second-order valence-electron chi connectivity index (χ2n) is 4.10. The summed E-state index contributed by atoms with van der Waals surface area (Å²) in [5, 5.41) is 8.86. The quantitative estimate of drug-likeness (QED) is 0.781. The van der Waals surface area contributed by atoms with Crippen molar-refractivity contribution in [3.63, 3.8) is 0 Å². The second-order valence-corrected chi connectivity index (χ2v) is 4.10. The lowest BCUT2D eigenvalue weighted by Crippen LogP contribution is -2.41. The Labute approximate surface area is 93.8 Å². The SMILES string of the molecule is CC(C(=O)O)N1CCCN(CC(F)F)CC1. The average molecular weight is 236 g/mol. The summed E-state index contributed by atoms with van der Waals surface area (Å²) in [5.74, 6) is -0.859. The second kappa shape index (κ2) is 6.10. The van der Waals surface area contributed by atoms with E-state index in [1.54, 1.807) is 11.8 Å². The smallest absolute Gasteiger partial charge is 0.320 e. The molecular weight excluding hydrogens is 218 g/mol. The van der Waals surface area contributed by atoms with Crippen molar-refractivity contribution in [1.29, 1.82) is 0 Å². The standard InChI is InChI=1S/C10H18F2N2O2/c1-8(10(15)16)14-4-2-3-13(5-6-14)7-9(11)12/h8-9H,2-7H2,1H3,(H,15,16). The van der Waals surface area contributed by atoms with E-state index in [1.165, 1.54) is 0 Å². The van der Waals surface area contributed by atoms with Crippen LogP contribution in [0.5, 0.6) is 0 Å². The number of hydrogen-bond donors (Lipinski definition) is 1. The van der Waals surface area contributed by atoms with Gasteiger partial charge in [-0.2, -0.15) is 0 Å². The van der Waals surface area contributed by atoms with Gasteiger partial charge in [0.05, 0.1) is 6.54 Å². The first-order valence-corrected chi connectivity index (χ1v) is 5.48. The zero-order chi connectivity index (χ0) is 12.1. The Bertz CT molecular complexity index is 239. The first kappa shape index (κ1) is 13.3. The van der Waals surface area contributed by atoms with Crippen LogP contribution in [0.1, 0.15) is 13.3 Å². The molecule has 1 fully saturated rings. The largest absolute Gasteiger partial charge is 0.480 e. The lowest BCUT2D eigenvalue weighted by Gasteiger charge is -2.24. The Morgan fingerprint density at radius 2 is 2.00 bits per heavy atom. The topological polar surface area (TPSA) is 43.8 Å². The molecule has 1 aliphatic rings. The highest BCUT2D eigenvalue weighted by Gasteiger charge is 2.24. The molecule has 1 unspecified atom stereocenters. The maximum Gasteiger partial charge on any atom is 0.320 e. The van der Waals surface area contributed by atoms with E-state index in [-0.39, 0.29) is 6.54 Å². The number of carboxylic acid groups (broad SMARTS) is 1. The highest BCUT2D eigenvalue weighted by Crippen LogP contribution is 2.08. The van der Waals surface area contributed by atoms with Crippen molar-refractivity contribution in [2.45, 2.75) is 25.8 Å². The number of hydrogen-bond acceptors (Lipinski definition) is 3. The Morgan fingerprint density at radius 1 is 1.31 bits per heavy atom. The van der Waals surface area contributed by atoms with Crippen LogP contribution >= 0.6 is 0 Å². The van der Waals surface area contributed by atoms with E-state index in [9.17, 15) is 13.6 Å². The number of alkyl halides is 2. The van der Waals surface area contributed by atoms with Gasteiger partial charge in [-0.1, -0.05) is 0 Å². The molecule has 1 N–H and O–H groups in total. The molecule has 0 aromatic carbocycles. The predicted octanol–water partition coefficient (Wildman–Crippen LogP) is 0.732. The summed E-state index contributed by atoms with van der Waals surface area (Å²) in [4.78, 5) is 14.3. The van der Waals surface area contributed by atoms with Gasteiger partial charge in [-0.3, -0.25) is 14.6 Å². The van der Waals surface area contributed by atoms with Gasteiger partial charge in [0.15, 0.2) is 0 Å². The molecule has 0 radical (unpaired) electrons. The first-order valence-electron chi connectivity index (χ1n) is 5.48. The van der Waals surface area contributed by atoms with Gasteiger partial charge in [-0.15, -0.1) is 0 Å². The average Bonchev–Trinajstić information content (AvgIpc) is 2.41. The van der Waals surface area contributed by atoms with Gasteiger partial charge in [0.2, 0.25) is 0 Å². The Balaban J connectivity index is 2.43. The maximum atomic E-state index is 12.2. The van der Waals surface area contributed by atoms with Crippen molar-refractivity contribution in [1.82, 2.24) is 9.80 Å². The van der Waals surface area contributed by atoms with E-state index < -0.39 is 18.4 Å². The van der Waals surface area contributed by atoms with Crippen LogP contribution in [0.3, 0.4) is 0 Å². The van der Waals surface area contributed by atoms with Crippen molar-refractivity contribution >= 4 is 5.97 Å². The first-order chi connectivity index (χ1) is 7.50. The summed E-state index contributed by atoms with van der Waals surface area (Å²) >= 11 is 0. The van der Waals surface area contributed by atoms with Crippen LogP contribution in [0, 0.1) is 0 Å². The highest BCUT2D eigenvalue weighted by atomic mass is 19.3. The Morgan fingerprint density at radius 3 is 2.56 bits per heavy atom.